The van der Waals surface area contributed by atoms with Crippen molar-refractivity contribution in [1.29, 1.82) is 0 Å². The maximum absolute atomic E-state index is 6.49. The van der Waals surface area contributed by atoms with Crippen LogP contribution in [0.4, 0.5) is 11.4 Å². The summed E-state index contributed by atoms with van der Waals surface area (Å²) in [5.74, 6) is 0. The molecule has 2 aromatic heterocycles. The number of halogens is 1. The van der Waals surface area contributed by atoms with E-state index in [1.165, 1.54) is 5.56 Å². The van der Waals surface area contributed by atoms with Gasteiger partial charge in [-0.2, -0.15) is 0 Å². The number of morpholine rings is 1. The molecule has 1 aliphatic heterocycles. The molecule has 1 saturated carbocycles. The highest BCUT2D eigenvalue weighted by Crippen LogP contribution is 2.42. The molecule has 9 heteroatoms. The first-order valence-electron chi connectivity index (χ1n) is 11.4. The van der Waals surface area contributed by atoms with Crippen molar-refractivity contribution in [3.05, 3.63) is 54.0 Å². The largest absolute Gasteiger partial charge is 0.397 e. The van der Waals surface area contributed by atoms with Gasteiger partial charge in [0.25, 0.3) is 0 Å². The molecule has 180 valence electrons. The van der Waals surface area contributed by atoms with Crippen LogP contribution in [0.15, 0.2) is 47.7 Å². The van der Waals surface area contributed by atoms with Gasteiger partial charge < -0.3 is 20.1 Å². The summed E-state index contributed by atoms with van der Waals surface area (Å²) in [6, 6.07) is 10.1. The number of rotatable bonds is 6. The monoisotopic (exact) mass is 574 g/mol. The van der Waals surface area contributed by atoms with Gasteiger partial charge in [-0.25, -0.2) is 9.97 Å². The van der Waals surface area contributed by atoms with Crippen LogP contribution in [-0.4, -0.2) is 54.2 Å². The molecule has 0 unspecified atom stereocenters. The van der Waals surface area contributed by atoms with Crippen LogP contribution in [0, 0.1) is 6.92 Å². The predicted octanol–water partition coefficient (Wildman–Crippen LogP) is 4.38. The summed E-state index contributed by atoms with van der Waals surface area (Å²) < 4.78 is 13.6. The Labute approximate surface area is 216 Å². The lowest BCUT2D eigenvalue weighted by Gasteiger charge is -2.41. The molecule has 0 amide bonds. The Kier molecular flexibility index (Phi) is 7.54. The summed E-state index contributed by atoms with van der Waals surface area (Å²) in [6.07, 6.45) is 8.40. The standard InChI is InChI=1S/C25H30N6O2.HI/c1-18-5-3-6-19(15-18)27-10-7-20(26)21-16-22(30-11-13-33-14-12-30)23-24(29-21)31(17-28-23)25(32-2)8-4-9-25;/h3,5-7,10,15-17H,4,8-9,11-14,26H2,1-2H3;1H/b20-7-,27-10?;. The van der Waals surface area contributed by atoms with Crippen molar-refractivity contribution in [2.24, 2.45) is 10.7 Å². The van der Waals surface area contributed by atoms with Gasteiger partial charge in [-0.05, 0) is 56.0 Å². The van der Waals surface area contributed by atoms with Crippen molar-refractivity contribution >= 4 is 58.4 Å². The van der Waals surface area contributed by atoms with E-state index in [1.54, 1.807) is 19.4 Å². The van der Waals surface area contributed by atoms with E-state index in [1.807, 2.05) is 43.6 Å². The zero-order valence-electron chi connectivity index (χ0n) is 19.6. The van der Waals surface area contributed by atoms with E-state index in [0.29, 0.717) is 24.6 Å². The number of imidazole rings is 1. The second-order valence-electron chi connectivity index (χ2n) is 8.66. The smallest absolute Gasteiger partial charge is 0.165 e. The van der Waals surface area contributed by atoms with Gasteiger partial charge in [0.1, 0.15) is 11.2 Å². The van der Waals surface area contributed by atoms with Crippen molar-refractivity contribution < 1.29 is 9.47 Å². The Balaban J connectivity index is 0.00000274. The molecule has 1 saturated heterocycles. The fourth-order valence-corrected chi connectivity index (χ4v) is 4.49. The van der Waals surface area contributed by atoms with E-state index in [-0.39, 0.29) is 29.7 Å². The molecule has 2 fully saturated rings. The SMILES string of the molecule is COC1(n2cnc3c(N4CCOCC4)cc(/C(N)=C/C=Nc4cccc(C)c4)nc32)CCC1.I. The van der Waals surface area contributed by atoms with Gasteiger partial charge >= 0.3 is 0 Å². The Morgan fingerprint density at radius 1 is 1.24 bits per heavy atom. The fraction of sp³-hybridized carbons (Fsp3) is 0.400. The summed E-state index contributed by atoms with van der Waals surface area (Å²) in [5.41, 5.74) is 12.1. The highest BCUT2D eigenvalue weighted by Gasteiger charge is 2.40. The third-order valence-corrected chi connectivity index (χ3v) is 6.57. The number of ether oxygens (including phenoxy) is 2. The highest BCUT2D eigenvalue weighted by atomic mass is 127. The zero-order chi connectivity index (χ0) is 22.8. The Morgan fingerprint density at radius 2 is 2.03 bits per heavy atom. The van der Waals surface area contributed by atoms with Crippen molar-refractivity contribution in [3.63, 3.8) is 0 Å². The van der Waals surface area contributed by atoms with Crippen LogP contribution >= 0.6 is 24.0 Å². The molecule has 0 atom stereocenters. The average molecular weight is 574 g/mol. The summed E-state index contributed by atoms with van der Waals surface area (Å²) in [5, 5.41) is 0. The number of methoxy groups -OCH3 is 1. The lowest BCUT2D eigenvalue weighted by molar-refractivity contribution is -0.135. The van der Waals surface area contributed by atoms with E-state index in [4.69, 9.17) is 25.2 Å². The molecular formula is C25H31IN6O2. The van der Waals surface area contributed by atoms with Gasteiger partial charge in [0.2, 0.25) is 0 Å². The molecule has 34 heavy (non-hydrogen) atoms. The second-order valence-corrected chi connectivity index (χ2v) is 8.66. The molecular weight excluding hydrogens is 543 g/mol. The minimum Gasteiger partial charge on any atom is -0.397 e. The number of allylic oxidation sites excluding steroid dienone is 1. The van der Waals surface area contributed by atoms with Crippen LogP contribution in [0.5, 0.6) is 0 Å². The molecule has 2 aliphatic rings. The molecule has 3 heterocycles. The van der Waals surface area contributed by atoms with Gasteiger partial charge in [0.15, 0.2) is 5.65 Å². The summed E-state index contributed by atoms with van der Waals surface area (Å²) in [7, 11) is 1.76. The van der Waals surface area contributed by atoms with E-state index < -0.39 is 0 Å². The normalized spacial score (nSPS) is 18.2. The van der Waals surface area contributed by atoms with E-state index >= 15 is 0 Å². The topological polar surface area (TPSA) is 90.8 Å². The molecule has 0 bridgehead atoms. The van der Waals surface area contributed by atoms with Crippen molar-refractivity contribution in [1.82, 2.24) is 14.5 Å². The number of aromatic nitrogens is 3. The number of hydrogen-bond donors (Lipinski definition) is 1. The number of anilines is 1. The molecule has 0 radical (unpaired) electrons. The van der Waals surface area contributed by atoms with Gasteiger partial charge in [0, 0.05) is 26.4 Å². The Hall–Kier alpha value is -2.50. The van der Waals surface area contributed by atoms with Gasteiger partial charge in [-0.3, -0.25) is 9.56 Å². The third-order valence-electron chi connectivity index (χ3n) is 6.57. The van der Waals surface area contributed by atoms with Crippen molar-refractivity contribution in [2.75, 3.05) is 38.3 Å². The number of nitrogens with two attached hydrogens (primary N) is 1. The average Bonchev–Trinajstić information content (AvgIpc) is 3.23. The van der Waals surface area contributed by atoms with Crippen LogP contribution in [0.3, 0.4) is 0 Å². The van der Waals surface area contributed by atoms with Gasteiger partial charge in [-0.15, -0.1) is 24.0 Å². The number of nitrogens with zero attached hydrogens (tertiary/aromatic N) is 5. The van der Waals surface area contributed by atoms with Crippen LogP contribution in [0.2, 0.25) is 0 Å². The number of hydrogen-bond acceptors (Lipinski definition) is 7. The van der Waals surface area contributed by atoms with Gasteiger partial charge in [0.05, 0.1) is 42.3 Å². The second kappa shape index (κ2) is 10.4. The van der Waals surface area contributed by atoms with Crippen molar-refractivity contribution in [2.45, 2.75) is 31.9 Å². The maximum Gasteiger partial charge on any atom is 0.165 e. The number of aliphatic imine (C=N–C) groups is 1. The van der Waals surface area contributed by atoms with E-state index in [9.17, 15) is 0 Å². The predicted molar refractivity (Wildman–Crippen MR) is 146 cm³/mol. The van der Waals surface area contributed by atoms with E-state index in [2.05, 4.69) is 14.5 Å². The number of fused-ring (bicyclic) bond motifs is 1. The first-order valence-corrected chi connectivity index (χ1v) is 11.4. The molecule has 3 aromatic rings. The fourth-order valence-electron chi connectivity index (χ4n) is 4.49. The highest BCUT2D eigenvalue weighted by molar-refractivity contribution is 14.0. The van der Waals surface area contributed by atoms with E-state index in [0.717, 1.165) is 54.9 Å². The quantitative estimate of drug-likeness (QED) is 0.347. The molecule has 2 N–H and O–H groups in total. The summed E-state index contributed by atoms with van der Waals surface area (Å²) in [4.78, 5) is 16.5. The summed E-state index contributed by atoms with van der Waals surface area (Å²) in [6.45, 7) is 5.04. The molecule has 1 aliphatic carbocycles. The molecule has 8 nitrogen and oxygen atoms in total. The van der Waals surface area contributed by atoms with Crippen LogP contribution < -0.4 is 10.6 Å². The minimum absolute atomic E-state index is 0. The number of pyridine rings is 1. The van der Waals surface area contributed by atoms with Gasteiger partial charge in [-0.1, -0.05) is 12.1 Å². The molecule has 0 spiro atoms. The van der Waals surface area contributed by atoms with Crippen molar-refractivity contribution in [3.8, 4) is 0 Å². The lowest BCUT2D eigenvalue weighted by atomic mass is 9.87. The number of benzene rings is 1. The first-order chi connectivity index (χ1) is 16.1. The Morgan fingerprint density at radius 3 is 2.71 bits per heavy atom. The van der Waals surface area contributed by atoms with Crippen LogP contribution in [0.1, 0.15) is 30.5 Å². The third kappa shape index (κ3) is 4.69. The number of aryl methyl sites for hydroxylation is 1. The Bertz CT molecular complexity index is 1210. The molecule has 5 rings (SSSR count). The summed E-state index contributed by atoms with van der Waals surface area (Å²) >= 11 is 0. The van der Waals surface area contributed by atoms with Crippen LogP contribution in [0.25, 0.3) is 16.9 Å². The lowest BCUT2D eigenvalue weighted by Crippen LogP contribution is -2.42. The molecule has 1 aromatic carbocycles. The maximum atomic E-state index is 6.49. The van der Waals surface area contributed by atoms with Crippen LogP contribution in [-0.2, 0) is 15.2 Å². The first kappa shape index (κ1) is 24.6. The zero-order valence-corrected chi connectivity index (χ0v) is 21.9. The minimum atomic E-state index is -0.381.